The van der Waals surface area contributed by atoms with E-state index in [0.29, 0.717) is 40.1 Å². The van der Waals surface area contributed by atoms with Gasteiger partial charge in [0.1, 0.15) is 0 Å². The van der Waals surface area contributed by atoms with E-state index in [9.17, 15) is 13.2 Å². The Labute approximate surface area is 151 Å². The van der Waals surface area contributed by atoms with Crippen LogP contribution in [0.1, 0.15) is 52.8 Å². The molecule has 0 spiro atoms. The summed E-state index contributed by atoms with van der Waals surface area (Å²) in [6, 6.07) is 6.72. The molecular weight excluding hydrogens is 354 g/mol. The van der Waals surface area contributed by atoms with Gasteiger partial charge in [-0.2, -0.15) is 4.98 Å². The number of allylic oxidation sites excluding steroid dienone is 1. The first kappa shape index (κ1) is 17.0. The van der Waals surface area contributed by atoms with Crippen molar-refractivity contribution in [3.63, 3.8) is 0 Å². The molecular formula is C18H19N3O4S. The number of rotatable bonds is 5. The van der Waals surface area contributed by atoms with Crippen molar-refractivity contribution in [1.82, 2.24) is 15.0 Å². The second-order valence-corrected chi connectivity index (χ2v) is 8.82. The Morgan fingerprint density at radius 1 is 1.35 bits per heavy atom. The minimum atomic E-state index is -3.25. The molecule has 1 aromatic heterocycles. The topological polar surface area (TPSA) is 93.4 Å². The molecule has 1 fully saturated rings. The molecule has 0 N–H and O–H groups in total. The Bertz CT molecular complexity index is 989. The minimum absolute atomic E-state index is 0.127. The quantitative estimate of drug-likeness (QED) is 0.799. The highest BCUT2D eigenvalue weighted by Crippen LogP contribution is 2.38. The number of hydrogen-bond acceptors (Lipinski definition) is 6. The Balaban J connectivity index is 1.51. The summed E-state index contributed by atoms with van der Waals surface area (Å²) in [5, 5.41) is 3.92. The first-order chi connectivity index (χ1) is 12.4. The Hall–Kier alpha value is -2.48. The molecule has 1 saturated carbocycles. The van der Waals surface area contributed by atoms with Crippen molar-refractivity contribution in [2.45, 2.75) is 31.7 Å². The van der Waals surface area contributed by atoms with E-state index >= 15 is 0 Å². The molecule has 0 saturated heterocycles. The number of carbonyl (C=O) groups excluding carboxylic acids is 1. The van der Waals surface area contributed by atoms with Crippen molar-refractivity contribution >= 4 is 20.6 Å². The predicted molar refractivity (Wildman–Crippen MR) is 94.9 cm³/mol. The second kappa shape index (κ2) is 6.35. The Kier molecular flexibility index (Phi) is 4.14. The summed E-state index contributed by atoms with van der Waals surface area (Å²) >= 11 is 0. The summed E-state index contributed by atoms with van der Waals surface area (Å²) < 4.78 is 29.4. The van der Waals surface area contributed by atoms with Crippen molar-refractivity contribution in [1.29, 1.82) is 0 Å². The van der Waals surface area contributed by atoms with Gasteiger partial charge in [0.25, 0.3) is 5.91 Å². The lowest BCUT2D eigenvalue weighted by Crippen LogP contribution is -2.26. The van der Waals surface area contributed by atoms with Gasteiger partial charge < -0.3 is 9.42 Å². The van der Waals surface area contributed by atoms with Gasteiger partial charge in [-0.3, -0.25) is 4.79 Å². The Morgan fingerprint density at radius 3 is 2.85 bits per heavy atom. The number of hydrogen-bond donors (Lipinski definition) is 0. The zero-order chi connectivity index (χ0) is 18.3. The summed E-state index contributed by atoms with van der Waals surface area (Å²) in [5.41, 5.74) is 0.983. The standard InChI is InChI=1S/C18H19N3O4S/c1-21(11-16-19-17(25-20-16)12-7-8-12)18(22)14-5-2-4-13(10-14)15-6-3-9-26(15,23)24/h2,4-6,10,12H,3,7-9,11H2,1H3. The molecule has 7 nitrogen and oxygen atoms in total. The van der Waals surface area contributed by atoms with E-state index in [2.05, 4.69) is 10.1 Å². The van der Waals surface area contributed by atoms with Crippen LogP contribution in [0, 0.1) is 0 Å². The number of amides is 1. The van der Waals surface area contributed by atoms with Crippen LogP contribution in [0.4, 0.5) is 0 Å². The van der Waals surface area contributed by atoms with E-state index in [1.54, 1.807) is 37.4 Å². The molecule has 0 bridgehead atoms. The molecule has 2 heterocycles. The van der Waals surface area contributed by atoms with Crippen LogP contribution < -0.4 is 0 Å². The lowest BCUT2D eigenvalue weighted by atomic mass is 10.1. The van der Waals surface area contributed by atoms with Gasteiger partial charge in [0, 0.05) is 18.5 Å². The molecule has 1 amide bonds. The number of nitrogens with zero attached hydrogens (tertiary/aromatic N) is 3. The maximum atomic E-state index is 12.7. The summed E-state index contributed by atoms with van der Waals surface area (Å²) in [7, 11) is -1.59. The molecule has 0 radical (unpaired) electrons. The summed E-state index contributed by atoms with van der Waals surface area (Å²) in [5.74, 6) is 1.39. The third-order valence-electron chi connectivity index (χ3n) is 4.58. The minimum Gasteiger partial charge on any atom is -0.339 e. The smallest absolute Gasteiger partial charge is 0.254 e. The van der Waals surface area contributed by atoms with Gasteiger partial charge in [0.2, 0.25) is 5.89 Å². The van der Waals surface area contributed by atoms with Gasteiger partial charge >= 0.3 is 0 Å². The van der Waals surface area contributed by atoms with E-state index in [0.717, 1.165) is 12.8 Å². The largest absolute Gasteiger partial charge is 0.339 e. The molecule has 1 aromatic carbocycles. The highest BCUT2D eigenvalue weighted by atomic mass is 32.2. The summed E-state index contributed by atoms with van der Waals surface area (Å²) in [6.07, 6.45) is 4.36. The number of sulfone groups is 1. The fraction of sp³-hybridized carbons (Fsp3) is 0.389. The first-order valence-electron chi connectivity index (χ1n) is 8.55. The van der Waals surface area contributed by atoms with Crippen molar-refractivity contribution in [3.05, 3.63) is 53.2 Å². The van der Waals surface area contributed by atoms with E-state index in [1.807, 2.05) is 0 Å². The average Bonchev–Trinajstić information content (AvgIpc) is 3.27. The SMILES string of the molecule is CN(Cc1noc(C2CC2)n1)C(=O)c1cccc(C2=CCCS2(=O)=O)c1. The zero-order valence-corrected chi connectivity index (χ0v) is 15.2. The molecule has 26 heavy (non-hydrogen) atoms. The van der Waals surface area contributed by atoms with Crippen LogP contribution in [0.25, 0.3) is 4.91 Å². The number of aromatic nitrogens is 2. The third kappa shape index (κ3) is 3.29. The number of carbonyl (C=O) groups is 1. The molecule has 136 valence electrons. The monoisotopic (exact) mass is 373 g/mol. The van der Waals surface area contributed by atoms with E-state index < -0.39 is 9.84 Å². The number of benzene rings is 1. The van der Waals surface area contributed by atoms with Crippen LogP contribution in [0.2, 0.25) is 0 Å². The van der Waals surface area contributed by atoms with E-state index in [4.69, 9.17) is 4.52 Å². The van der Waals surface area contributed by atoms with Crippen LogP contribution in [-0.2, 0) is 16.4 Å². The zero-order valence-electron chi connectivity index (χ0n) is 14.4. The van der Waals surface area contributed by atoms with Gasteiger partial charge in [-0.25, -0.2) is 8.42 Å². The third-order valence-corrected chi connectivity index (χ3v) is 6.43. The molecule has 2 aromatic rings. The maximum absolute atomic E-state index is 12.7. The average molecular weight is 373 g/mol. The maximum Gasteiger partial charge on any atom is 0.254 e. The highest BCUT2D eigenvalue weighted by Gasteiger charge is 2.30. The van der Waals surface area contributed by atoms with Crippen LogP contribution in [0.5, 0.6) is 0 Å². The van der Waals surface area contributed by atoms with Crippen molar-refractivity contribution in [3.8, 4) is 0 Å². The fourth-order valence-corrected chi connectivity index (χ4v) is 4.52. The van der Waals surface area contributed by atoms with Crippen molar-refractivity contribution in [2.24, 2.45) is 0 Å². The molecule has 0 atom stereocenters. The molecule has 2 aliphatic rings. The molecule has 4 rings (SSSR count). The summed E-state index contributed by atoms with van der Waals surface area (Å²) in [6.45, 7) is 0.236. The fourth-order valence-electron chi connectivity index (χ4n) is 3.02. The predicted octanol–water partition coefficient (Wildman–Crippen LogP) is 2.38. The van der Waals surface area contributed by atoms with Gasteiger partial charge in [-0.15, -0.1) is 0 Å². The molecule has 1 aliphatic heterocycles. The van der Waals surface area contributed by atoms with E-state index in [1.165, 1.54) is 4.90 Å². The van der Waals surface area contributed by atoms with Crippen LogP contribution in [-0.4, -0.2) is 42.2 Å². The van der Waals surface area contributed by atoms with Crippen LogP contribution in [0.15, 0.2) is 34.9 Å². The first-order valence-corrected chi connectivity index (χ1v) is 10.2. The molecule has 0 unspecified atom stereocenters. The van der Waals surface area contributed by atoms with Gasteiger partial charge in [-0.05, 0) is 37.0 Å². The summed E-state index contributed by atoms with van der Waals surface area (Å²) in [4.78, 5) is 18.8. The van der Waals surface area contributed by atoms with E-state index in [-0.39, 0.29) is 18.2 Å². The van der Waals surface area contributed by atoms with Gasteiger partial charge in [0.05, 0.1) is 17.2 Å². The lowest BCUT2D eigenvalue weighted by molar-refractivity contribution is 0.0780. The lowest BCUT2D eigenvalue weighted by Gasteiger charge is -2.15. The van der Waals surface area contributed by atoms with Gasteiger partial charge in [-0.1, -0.05) is 23.4 Å². The molecule has 8 heteroatoms. The second-order valence-electron chi connectivity index (χ2n) is 6.74. The van der Waals surface area contributed by atoms with Gasteiger partial charge in [0.15, 0.2) is 15.7 Å². The van der Waals surface area contributed by atoms with Crippen molar-refractivity contribution < 1.29 is 17.7 Å². The normalized spacial score (nSPS) is 18.6. The Morgan fingerprint density at radius 2 is 2.15 bits per heavy atom. The van der Waals surface area contributed by atoms with Crippen molar-refractivity contribution in [2.75, 3.05) is 12.8 Å². The highest BCUT2D eigenvalue weighted by molar-refractivity contribution is 8.00. The van der Waals surface area contributed by atoms with Crippen LogP contribution >= 0.6 is 0 Å². The molecule has 1 aliphatic carbocycles. The van der Waals surface area contributed by atoms with Crippen LogP contribution in [0.3, 0.4) is 0 Å².